The van der Waals surface area contributed by atoms with E-state index in [9.17, 15) is 14.4 Å². The highest BCUT2D eigenvalue weighted by Gasteiger charge is 2.39. The van der Waals surface area contributed by atoms with Crippen molar-refractivity contribution in [2.75, 3.05) is 6.54 Å². The molecule has 0 spiro atoms. The van der Waals surface area contributed by atoms with E-state index in [1.54, 1.807) is 24.3 Å². The zero-order valence-corrected chi connectivity index (χ0v) is 12.2. The molecule has 1 heterocycles. The molecular formula is C17H19NO3. The van der Waals surface area contributed by atoms with Crippen molar-refractivity contribution in [3.05, 3.63) is 35.4 Å². The maximum Gasteiger partial charge on any atom is 0.261 e. The monoisotopic (exact) mass is 285 g/mol. The number of ketones is 1. The van der Waals surface area contributed by atoms with E-state index < -0.39 is 0 Å². The first-order valence-corrected chi connectivity index (χ1v) is 7.62. The Bertz CT molecular complexity index is 573. The summed E-state index contributed by atoms with van der Waals surface area (Å²) >= 11 is 0. The first kappa shape index (κ1) is 14.0. The Morgan fingerprint density at radius 2 is 1.57 bits per heavy atom. The fourth-order valence-electron chi connectivity index (χ4n) is 3.44. The summed E-state index contributed by atoms with van der Waals surface area (Å²) in [5.41, 5.74) is 0.913. The lowest BCUT2D eigenvalue weighted by Gasteiger charge is -2.29. The summed E-state index contributed by atoms with van der Waals surface area (Å²) in [6.45, 7) is 2.26. The van der Waals surface area contributed by atoms with Gasteiger partial charge in [0.2, 0.25) is 0 Å². The summed E-state index contributed by atoms with van der Waals surface area (Å²) in [7, 11) is 0. The van der Waals surface area contributed by atoms with Crippen molar-refractivity contribution < 1.29 is 14.4 Å². The highest BCUT2D eigenvalue weighted by atomic mass is 16.2. The number of fused-ring (bicyclic) bond motifs is 1. The van der Waals surface area contributed by atoms with Crippen LogP contribution in [0.25, 0.3) is 0 Å². The van der Waals surface area contributed by atoms with Gasteiger partial charge in [0.1, 0.15) is 5.78 Å². The highest BCUT2D eigenvalue weighted by molar-refractivity contribution is 6.21. The molecule has 0 bridgehead atoms. The number of Topliss-reactive ketones (excluding diaryl/α,β-unsaturated/α-hetero) is 1. The fraction of sp³-hybridized carbons (Fsp3) is 0.471. The number of amides is 2. The summed E-state index contributed by atoms with van der Waals surface area (Å²) in [4.78, 5) is 38.3. The van der Waals surface area contributed by atoms with Gasteiger partial charge in [0, 0.05) is 18.4 Å². The molecule has 4 heteroatoms. The third-order valence-corrected chi connectivity index (χ3v) is 4.68. The van der Waals surface area contributed by atoms with Crippen molar-refractivity contribution in [2.45, 2.75) is 32.6 Å². The number of carbonyl (C=O) groups is 3. The van der Waals surface area contributed by atoms with Crippen LogP contribution in [-0.2, 0) is 4.79 Å². The number of hydrogen-bond acceptors (Lipinski definition) is 3. The molecule has 2 atom stereocenters. The molecule has 1 saturated carbocycles. The van der Waals surface area contributed by atoms with Crippen molar-refractivity contribution >= 4 is 17.6 Å². The van der Waals surface area contributed by atoms with Gasteiger partial charge in [-0.05, 0) is 31.4 Å². The van der Waals surface area contributed by atoms with Crippen LogP contribution in [0.2, 0.25) is 0 Å². The van der Waals surface area contributed by atoms with Crippen LogP contribution in [0.5, 0.6) is 0 Å². The molecule has 110 valence electrons. The molecule has 0 saturated heterocycles. The highest BCUT2D eigenvalue weighted by Crippen LogP contribution is 2.31. The average Bonchev–Trinajstić information content (AvgIpc) is 2.75. The standard InChI is InChI=1S/C17H19NO3/c1-2-11-6-5-7-12(15(11)19)10-18-16(20)13-8-3-4-9-14(13)17(18)21/h3-4,8-9,11-12H,2,5-7,10H2,1H3. The second-order valence-electron chi connectivity index (χ2n) is 5.90. The van der Waals surface area contributed by atoms with Crippen molar-refractivity contribution in [3.8, 4) is 0 Å². The molecule has 1 aliphatic carbocycles. The minimum Gasteiger partial charge on any atom is -0.299 e. The topological polar surface area (TPSA) is 54.5 Å². The summed E-state index contributed by atoms with van der Waals surface area (Å²) in [6.07, 6.45) is 3.56. The van der Waals surface area contributed by atoms with Gasteiger partial charge in [-0.2, -0.15) is 0 Å². The molecule has 3 rings (SSSR count). The van der Waals surface area contributed by atoms with Gasteiger partial charge in [0.15, 0.2) is 0 Å². The zero-order chi connectivity index (χ0) is 15.0. The van der Waals surface area contributed by atoms with Gasteiger partial charge in [-0.1, -0.05) is 25.5 Å². The maximum atomic E-state index is 12.4. The van der Waals surface area contributed by atoms with Crippen molar-refractivity contribution in [2.24, 2.45) is 11.8 Å². The average molecular weight is 285 g/mol. The Morgan fingerprint density at radius 1 is 1.00 bits per heavy atom. The molecule has 1 fully saturated rings. The van der Waals surface area contributed by atoms with E-state index in [0.29, 0.717) is 11.1 Å². The summed E-state index contributed by atoms with van der Waals surface area (Å²) in [5, 5.41) is 0. The number of hydrogen-bond donors (Lipinski definition) is 0. The van der Waals surface area contributed by atoms with Crippen molar-refractivity contribution in [3.63, 3.8) is 0 Å². The lowest BCUT2D eigenvalue weighted by molar-refractivity contribution is -0.129. The summed E-state index contributed by atoms with van der Waals surface area (Å²) in [6, 6.07) is 6.86. The quantitative estimate of drug-likeness (QED) is 0.802. The second kappa shape index (κ2) is 5.43. The molecule has 2 unspecified atom stereocenters. The minimum atomic E-state index is -0.262. The van der Waals surface area contributed by atoms with E-state index in [1.807, 2.05) is 6.92 Å². The van der Waals surface area contributed by atoms with Gasteiger partial charge >= 0.3 is 0 Å². The fourth-order valence-corrected chi connectivity index (χ4v) is 3.44. The lowest BCUT2D eigenvalue weighted by Crippen LogP contribution is -2.40. The van der Waals surface area contributed by atoms with Crippen molar-refractivity contribution in [1.29, 1.82) is 0 Å². The van der Waals surface area contributed by atoms with Crippen LogP contribution in [0.1, 0.15) is 53.3 Å². The Labute approximate surface area is 124 Å². The first-order chi connectivity index (χ1) is 10.1. The Kier molecular flexibility index (Phi) is 3.62. The van der Waals surface area contributed by atoms with E-state index in [-0.39, 0.29) is 36.0 Å². The van der Waals surface area contributed by atoms with Crippen LogP contribution >= 0.6 is 0 Å². The third kappa shape index (κ3) is 2.28. The van der Waals surface area contributed by atoms with Gasteiger partial charge < -0.3 is 0 Å². The number of benzene rings is 1. The van der Waals surface area contributed by atoms with Gasteiger partial charge in [-0.15, -0.1) is 0 Å². The second-order valence-corrected chi connectivity index (χ2v) is 5.90. The molecule has 0 N–H and O–H groups in total. The van der Waals surface area contributed by atoms with E-state index >= 15 is 0 Å². The molecule has 1 aliphatic heterocycles. The zero-order valence-electron chi connectivity index (χ0n) is 12.2. The molecule has 1 aromatic carbocycles. The largest absolute Gasteiger partial charge is 0.299 e. The molecular weight excluding hydrogens is 266 g/mol. The normalized spacial score (nSPS) is 25.4. The van der Waals surface area contributed by atoms with Crippen LogP contribution in [0.3, 0.4) is 0 Å². The lowest BCUT2D eigenvalue weighted by atomic mass is 9.78. The van der Waals surface area contributed by atoms with Crippen LogP contribution in [0.4, 0.5) is 0 Å². The Morgan fingerprint density at radius 3 is 2.14 bits per heavy atom. The molecule has 21 heavy (non-hydrogen) atoms. The molecule has 2 aliphatic rings. The summed E-state index contributed by atoms with van der Waals surface area (Å²) in [5.74, 6) is -0.394. The predicted molar refractivity (Wildman–Crippen MR) is 77.9 cm³/mol. The smallest absolute Gasteiger partial charge is 0.261 e. The first-order valence-electron chi connectivity index (χ1n) is 7.62. The summed E-state index contributed by atoms with van der Waals surface area (Å²) < 4.78 is 0. The van der Waals surface area contributed by atoms with Gasteiger partial charge in [-0.25, -0.2) is 0 Å². The third-order valence-electron chi connectivity index (χ3n) is 4.68. The van der Waals surface area contributed by atoms with Crippen molar-refractivity contribution in [1.82, 2.24) is 4.90 Å². The van der Waals surface area contributed by atoms with Gasteiger partial charge in [0.25, 0.3) is 11.8 Å². The van der Waals surface area contributed by atoms with Crippen LogP contribution in [0, 0.1) is 11.8 Å². The number of carbonyl (C=O) groups excluding carboxylic acids is 3. The van der Waals surface area contributed by atoms with E-state index in [4.69, 9.17) is 0 Å². The van der Waals surface area contributed by atoms with Crippen LogP contribution in [0.15, 0.2) is 24.3 Å². The predicted octanol–water partition coefficient (Wildman–Crippen LogP) is 2.68. The molecule has 2 amide bonds. The number of rotatable bonds is 3. The minimum absolute atomic E-state index is 0.0962. The van der Waals surface area contributed by atoms with Gasteiger partial charge in [-0.3, -0.25) is 19.3 Å². The Balaban J connectivity index is 1.79. The van der Waals surface area contributed by atoms with Crippen LogP contribution < -0.4 is 0 Å². The van der Waals surface area contributed by atoms with E-state index in [2.05, 4.69) is 0 Å². The molecule has 4 nitrogen and oxygen atoms in total. The molecule has 0 radical (unpaired) electrons. The molecule has 1 aromatic rings. The van der Waals surface area contributed by atoms with Crippen LogP contribution in [-0.4, -0.2) is 29.0 Å². The van der Waals surface area contributed by atoms with Gasteiger partial charge in [0.05, 0.1) is 11.1 Å². The van der Waals surface area contributed by atoms with E-state index in [1.165, 1.54) is 4.90 Å². The SMILES string of the molecule is CCC1CCCC(CN2C(=O)c3ccccc3C2=O)C1=O. The number of nitrogens with zero attached hydrogens (tertiary/aromatic N) is 1. The number of imide groups is 1. The molecule has 0 aromatic heterocycles. The Hall–Kier alpha value is -1.97. The maximum absolute atomic E-state index is 12.4. The van der Waals surface area contributed by atoms with E-state index in [0.717, 1.165) is 25.7 Å².